The molecule has 2 aromatic rings. The van der Waals surface area contributed by atoms with Gasteiger partial charge in [0.25, 0.3) is 5.91 Å². The molecule has 0 aliphatic rings. The molecular formula is C11H10F2N4O. The van der Waals surface area contributed by atoms with Crippen molar-refractivity contribution in [2.24, 2.45) is 0 Å². The van der Waals surface area contributed by atoms with E-state index in [0.29, 0.717) is 5.56 Å². The third-order valence-corrected chi connectivity index (χ3v) is 2.35. The average Bonchev–Trinajstić information content (AvgIpc) is 2.77. The van der Waals surface area contributed by atoms with E-state index in [1.165, 1.54) is 12.3 Å². The third kappa shape index (κ3) is 2.45. The lowest BCUT2D eigenvalue weighted by Gasteiger charge is -2.04. The van der Waals surface area contributed by atoms with E-state index in [9.17, 15) is 13.6 Å². The first-order valence-corrected chi connectivity index (χ1v) is 5.09. The van der Waals surface area contributed by atoms with Gasteiger partial charge in [-0.25, -0.2) is 8.78 Å². The number of benzene rings is 1. The number of anilines is 1. The van der Waals surface area contributed by atoms with Crippen molar-refractivity contribution < 1.29 is 13.6 Å². The SMILES string of the molecule is Nc1[nH]ncc1C(=O)NCc1ccc(F)c(F)c1. The zero-order valence-corrected chi connectivity index (χ0v) is 9.21. The predicted octanol–water partition coefficient (Wildman–Crippen LogP) is 1.20. The van der Waals surface area contributed by atoms with E-state index < -0.39 is 17.5 Å². The Kier molecular flexibility index (Phi) is 3.22. The molecule has 0 aliphatic carbocycles. The van der Waals surface area contributed by atoms with Gasteiger partial charge in [-0.2, -0.15) is 5.10 Å². The van der Waals surface area contributed by atoms with Gasteiger partial charge in [0.15, 0.2) is 11.6 Å². The number of halogens is 2. The zero-order chi connectivity index (χ0) is 13.1. The van der Waals surface area contributed by atoms with E-state index in [0.717, 1.165) is 12.1 Å². The number of nitrogens with zero attached hydrogens (tertiary/aromatic N) is 1. The Hall–Kier alpha value is -2.44. The lowest BCUT2D eigenvalue weighted by atomic mass is 10.2. The summed E-state index contributed by atoms with van der Waals surface area (Å²) < 4.78 is 25.6. The molecule has 0 saturated heterocycles. The van der Waals surface area contributed by atoms with Crippen molar-refractivity contribution in [1.82, 2.24) is 15.5 Å². The molecule has 0 bridgehead atoms. The minimum absolute atomic E-state index is 0.0701. The Morgan fingerprint density at radius 2 is 2.17 bits per heavy atom. The maximum absolute atomic E-state index is 12.9. The standard InChI is InChI=1S/C11H10F2N4O/c12-8-2-1-6(3-9(8)13)4-15-11(18)7-5-16-17-10(7)14/h1-3,5H,4H2,(H,15,18)(H3,14,16,17). The van der Waals surface area contributed by atoms with Gasteiger partial charge in [-0.15, -0.1) is 0 Å². The fourth-order valence-corrected chi connectivity index (χ4v) is 1.40. The Balaban J connectivity index is 2.02. The number of hydrogen-bond acceptors (Lipinski definition) is 3. The van der Waals surface area contributed by atoms with E-state index in [4.69, 9.17) is 5.73 Å². The number of nitrogen functional groups attached to an aromatic ring is 1. The van der Waals surface area contributed by atoms with Gasteiger partial charge >= 0.3 is 0 Å². The van der Waals surface area contributed by atoms with Crippen LogP contribution in [0.15, 0.2) is 24.4 Å². The maximum Gasteiger partial charge on any atom is 0.256 e. The zero-order valence-electron chi connectivity index (χ0n) is 9.21. The van der Waals surface area contributed by atoms with Crippen LogP contribution in [0.4, 0.5) is 14.6 Å². The van der Waals surface area contributed by atoms with E-state index in [1.54, 1.807) is 0 Å². The van der Waals surface area contributed by atoms with Crippen molar-refractivity contribution in [2.75, 3.05) is 5.73 Å². The highest BCUT2D eigenvalue weighted by molar-refractivity contribution is 5.97. The summed E-state index contributed by atoms with van der Waals surface area (Å²) in [5.41, 5.74) is 6.12. The van der Waals surface area contributed by atoms with Crippen LogP contribution < -0.4 is 11.1 Å². The topological polar surface area (TPSA) is 83.8 Å². The van der Waals surface area contributed by atoms with Crippen molar-refractivity contribution in [2.45, 2.75) is 6.54 Å². The molecule has 0 fully saturated rings. The van der Waals surface area contributed by atoms with Gasteiger partial charge in [0.1, 0.15) is 11.4 Å². The smallest absolute Gasteiger partial charge is 0.256 e. The Morgan fingerprint density at radius 3 is 2.78 bits per heavy atom. The third-order valence-electron chi connectivity index (χ3n) is 2.35. The molecule has 1 amide bonds. The first-order valence-electron chi connectivity index (χ1n) is 5.09. The predicted molar refractivity (Wildman–Crippen MR) is 60.5 cm³/mol. The molecule has 1 aromatic heterocycles. The Bertz CT molecular complexity index is 582. The summed E-state index contributed by atoms with van der Waals surface area (Å²) in [6.45, 7) is 0.0701. The average molecular weight is 252 g/mol. The van der Waals surface area contributed by atoms with Crippen molar-refractivity contribution >= 4 is 11.7 Å². The fourth-order valence-electron chi connectivity index (χ4n) is 1.40. The number of amides is 1. The van der Waals surface area contributed by atoms with Crippen LogP contribution in [0.1, 0.15) is 15.9 Å². The lowest BCUT2D eigenvalue weighted by molar-refractivity contribution is 0.0952. The molecule has 0 radical (unpaired) electrons. The van der Waals surface area contributed by atoms with Gasteiger partial charge in [0.05, 0.1) is 6.20 Å². The van der Waals surface area contributed by atoms with Crippen LogP contribution in [0.25, 0.3) is 0 Å². The second-order valence-corrected chi connectivity index (χ2v) is 3.63. The first-order chi connectivity index (χ1) is 8.58. The quantitative estimate of drug-likeness (QED) is 0.767. The fraction of sp³-hybridized carbons (Fsp3) is 0.0909. The molecule has 4 N–H and O–H groups in total. The van der Waals surface area contributed by atoms with Gasteiger partial charge in [0.2, 0.25) is 0 Å². The number of carbonyl (C=O) groups excluding carboxylic acids is 1. The summed E-state index contributed by atoms with van der Waals surface area (Å²) in [5.74, 6) is -2.17. The summed E-state index contributed by atoms with van der Waals surface area (Å²) in [7, 11) is 0. The van der Waals surface area contributed by atoms with Crippen LogP contribution in [-0.2, 0) is 6.54 Å². The van der Waals surface area contributed by atoms with Gasteiger partial charge in [-0.1, -0.05) is 6.07 Å². The Labute approximate surface area is 101 Å². The van der Waals surface area contributed by atoms with E-state index in [1.807, 2.05) is 0 Å². The summed E-state index contributed by atoms with van der Waals surface area (Å²) in [4.78, 5) is 11.6. The highest BCUT2D eigenvalue weighted by Gasteiger charge is 2.11. The summed E-state index contributed by atoms with van der Waals surface area (Å²) in [6.07, 6.45) is 1.29. The maximum atomic E-state index is 12.9. The van der Waals surface area contributed by atoms with Crippen molar-refractivity contribution in [1.29, 1.82) is 0 Å². The molecule has 2 rings (SSSR count). The lowest BCUT2D eigenvalue weighted by Crippen LogP contribution is -2.23. The largest absolute Gasteiger partial charge is 0.383 e. The van der Waals surface area contributed by atoms with Gasteiger partial charge in [-0.3, -0.25) is 9.89 Å². The molecule has 18 heavy (non-hydrogen) atoms. The highest BCUT2D eigenvalue weighted by Crippen LogP contribution is 2.09. The molecule has 0 saturated carbocycles. The van der Waals surface area contributed by atoms with E-state index in [-0.39, 0.29) is 17.9 Å². The minimum Gasteiger partial charge on any atom is -0.383 e. The molecule has 0 aliphatic heterocycles. The van der Waals surface area contributed by atoms with Crippen LogP contribution in [0.3, 0.4) is 0 Å². The molecule has 0 atom stereocenters. The second-order valence-electron chi connectivity index (χ2n) is 3.63. The first kappa shape index (κ1) is 12.0. The summed E-state index contributed by atoms with van der Waals surface area (Å²) in [5, 5.41) is 8.55. The number of hydrogen-bond donors (Lipinski definition) is 3. The molecular weight excluding hydrogens is 242 g/mol. The number of carbonyl (C=O) groups is 1. The highest BCUT2D eigenvalue weighted by atomic mass is 19.2. The number of rotatable bonds is 3. The molecule has 1 heterocycles. The summed E-state index contributed by atoms with van der Waals surface area (Å²) >= 11 is 0. The molecule has 1 aromatic carbocycles. The second kappa shape index (κ2) is 4.82. The molecule has 94 valence electrons. The van der Waals surface area contributed by atoms with Crippen LogP contribution in [0, 0.1) is 11.6 Å². The van der Waals surface area contributed by atoms with Crippen molar-refractivity contribution in [3.05, 3.63) is 47.2 Å². The number of H-pyrrole nitrogens is 1. The number of nitrogens with two attached hydrogens (primary N) is 1. The molecule has 0 spiro atoms. The van der Waals surface area contributed by atoms with Gasteiger partial charge < -0.3 is 11.1 Å². The molecule has 0 unspecified atom stereocenters. The van der Waals surface area contributed by atoms with Crippen LogP contribution in [0.2, 0.25) is 0 Å². The monoisotopic (exact) mass is 252 g/mol. The van der Waals surface area contributed by atoms with Crippen molar-refractivity contribution in [3.63, 3.8) is 0 Å². The molecule has 5 nitrogen and oxygen atoms in total. The minimum atomic E-state index is -0.954. The van der Waals surface area contributed by atoms with Crippen molar-refractivity contribution in [3.8, 4) is 0 Å². The number of aromatic amines is 1. The van der Waals surface area contributed by atoms with Gasteiger partial charge in [-0.05, 0) is 17.7 Å². The van der Waals surface area contributed by atoms with Gasteiger partial charge in [0, 0.05) is 6.54 Å². The van der Waals surface area contributed by atoms with Crippen LogP contribution in [-0.4, -0.2) is 16.1 Å². The van der Waals surface area contributed by atoms with E-state index in [2.05, 4.69) is 15.5 Å². The molecule has 7 heteroatoms. The van der Waals surface area contributed by atoms with Crippen LogP contribution in [0.5, 0.6) is 0 Å². The summed E-state index contributed by atoms with van der Waals surface area (Å²) in [6, 6.07) is 3.41. The normalized spacial score (nSPS) is 10.3. The number of aromatic nitrogens is 2. The van der Waals surface area contributed by atoms with Crippen LogP contribution >= 0.6 is 0 Å². The van der Waals surface area contributed by atoms with E-state index >= 15 is 0 Å². The number of nitrogens with one attached hydrogen (secondary N) is 2. The Morgan fingerprint density at radius 1 is 1.39 bits per heavy atom.